The summed E-state index contributed by atoms with van der Waals surface area (Å²) in [6.45, 7) is 4.37. The van der Waals surface area contributed by atoms with E-state index < -0.39 is 15.7 Å². The third kappa shape index (κ3) is 5.00. The number of benzene rings is 2. The van der Waals surface area contributed by atoms with Crippen molar-refractivity contribution >= 4 is 10.1 Å². The zero-order valence-electron chi connectivity index (χ0n) is 22.0. The van der Waals surface area contributed by atoms with Crippen LogP contribution in [-0.2, 0) is 20.7 Å². The van der Waals surface area contributed by atoms with Crippen LogP contribution in [0.25, 0.3) is 0 Å². The second-order valence-electron chi connectivity index (χ2n) is 11.7. The maximum absolute atomic E-state index is 12.3. The summed E-state index contributed by atoms with van der Waals surface area (Å²) in [5.41, 5.74) is 2.94. The molecule has 2 saturated carbocycles. The number of fused-ring (bicyclic) bond motifs is 5. The molecule has 5 nitrogen and oxygen atoms in total. The number of aromatic hydroxyl groups is 1. The van der Waals surface area contributed by atoms with Crippen LogP contribution in [0.4, 0.5) is 0 Å². The summed E-state index contributed by atoms with van der Waals surface area (Å²) in [6.07, 6.45) is 12.3. The van der Waals surface area contributed by atoms with Crippen LogP contribution in [0.2, 0.25) is 0 Å². The fourth-order valence-corrected chi connectivity index (χ4v) is 8.50. The van der Waals surface area contributed by atoms with E-state index >= 15 is 0 Å². The SMILES string of the molecule is Cc1ccc(S(=O)(=O)OCCC/C=C/C[C@]2(O)CC[C@H]3[C@@H]4CCc5cc(O)ccc5[C@H]4CC[C@@]32C)cc1. The third-order valence-electron chi connectivity index (χ3n) is 9.72. The summed E-state index contributed by atoms with van der Waals surface area (Å²) in [4.78, 5) is 0.189. The number of hydrogen-bond donors (Lipinski definition) is 2. The molecule has 0 aromatic heterocycles. The zero-order chi connectivity index (χ0) is 26.3. The van der Waals surface area contributed by atoms with Gasteiger partial charge in [0.15, 0.2) is 0 Å². The van der Waals surface area contributed by atoms with Gasteiger partial charge in [0.25, 0.3) is 10.1 Å². The largest absolute Gasteiger partial charge is 0.508 e. The molecule has 0 aliphatic heterocycles. The Kier molecular flexibility index (Phi) is 7.29. The van der Waals surface area contributed by atoms with Gasteiger partial charge in [0.2, 0.25) is 0 Å². The monoisotopic (exact) mass is 524 g/mol. The lowest BCUT2D eigenvalue weighted by Crippen LogP contribution is -2.50. The Hall–Kier alpha value is -2.15. The number of phenols is 1. The first-order chi connectivity index (χ1) is 17.6. The highest BCUT2D eigenvalue weighted by Crippen LogP contribution is 2.65. The minimum absolute atomic E-state index is 0.0852. The number of aryl methyl sites for hydroxylation is 2. The average molecular weight is 525 g/mol. The molecule has 200 valence electrons. The fraction of sp³-hybridized carbons (Fsp3) is 0.548. The van der Waals surface area contributed by atoms with Gasteiger partial charge >= 0.3 is 0 Å². The molecule has 2 aromatic rings. The lowest BCUT2D eigenvalue weighted by atomic mass is 9.53. The van der Waals surface area contributed by atoms with Gasteiger partial charge in [0.1, 0.15) is 5.75 Å². The van der Waals surface area contributed by atoms with Gasteiger partial charge in [-0.05, 0) is 123 Å². The molecule has 0 heterocycles. The molecule has 0 bridgehead atoms. The minimum Gasteiger partial charge on any atom is -0.508 e. The zero-order valence-corrected chi connectivity index (χ0v) is 22.8. The smallest absolute Gasteiger partial charge is 0.296 e. The van der Waals surface area contributed by atoms with Gasteiger partial charge in [0.05, 0.1) is 17.1 Å². The topological polar surface area (TPSA) is 83.8 Å². The van der Waals surface area contributed by atoms with Crippen molar-refractivity contribution < 1.29 is 22.8 Å². The molecule has 2 aromatic carbocycles. The Balaban J connectivity index is 1.14. The van der Waals surface area contributed by atoms with Crippen molar-refractivity contribution in [3.63, 3.8) is 0 Å². The van der Waals surface area contributed by atoms with Crippen molar-refractivity contribution in [2.45, 2.75) is 88.0 Å². The quantitative estimate of drug-likeness (QED) is 0.236. The lowest BCUT2D eigenvalue weighted by molar-refractivity contribution is -0.100. The average Bonchev–Trinajstić information content (AvgIpc) is 3.14. The van der Waals surface area contributed by atoms with Crippen LogP contribution in [0.5, 0.6) is 5.75 Å². The van der Waals surface area contributed by atoms with Gasteiger partial charge in [-0.3, -0.25) is 4.18 Å². The van der Waals surface area contributed by atoms with Crippen molar-refractivity contribution in [3.8, 4) is 5.75 Å². The molecule has 3 aliphatic rings. The Morgan fingerprint density at radius 3 is 2.62 bits per heavy atom. The lowest BCUT2D eigenvalue weighted by Gasteiger charge is -2.53. The first kappa shape index (κ1) is 26.5. The summed E-state index contributed by atoms with van der Waals surface area (Å²) in [5, 5.41) is 21.7. The minimum atomic E-state index is -3.72. The predicted molar refractivity (Wildman–Crippen MR) is 145 cm³/mol. The third-order valence-corrected chi connectivity index (χ3v) is 11.0. The molecule has 0 saturated heterocycles. The van der Waals surface area contributed by atoms with Crippen molar-refractivity contribution in [1.82, 2.24) is 0 Å². The van der Waals surface area contributed by atoms with E-state index in [0.717, 1.165) is 44.1 Å². The fourth-order valence-electron chi connectivity index (χ4n) is 7.55. The van der Waals surface area contributed by atoms with Crippen molar-refractivity contribution in [1.29, 1.82) is 0 Å². The molecule has 2 fully saturated rings. The summed E-state index contributed by atoms with van der Waals surface area (Å²) in [6, 6.07) is 12.6. The van der Waals surface area contributed by atoms with Crippen LogP contribution in [-0.4, -0.2) is 30.8 Å². The Morgan fingerprint density at radius 1 is 1.05 bits per heavy atom. The number of aliphatic hydroxyl groups is 1. The van der Waals surface area contributed by atoms with Gasteiger partial charge in [-0.15, -0.1) is 0 Å². The maximum atomic E-state index is 12.3. The molecule has 5 atom stereocenters. The van der Waals surface area contributed by atoms with E-state index in [1.54, 1.807) is 24.3 Å². The second-order valence-corrected chi connectivity index (χ2v) is 13.3. The second kappa shape index (κ2) is 10.2. The molecule has 0 amide bonds. The normalized spacial score (nSPS) is 31.2. The van der Waals surface area contributed by atoms with Crippen LogP contribution in [0.1, 0.15) is 80.9 Å². The molecule has 6 heteroatoms. The van der Waals surface area contributed by atoms with Crippen LogP contribution in [0.15, 0.2) is 59.5 Å². The highest BCUT2D eigenvalue weighted by atomic mass is 32.2. The van der Waals surface area contributed by atoms with Gasteiger partial charge in [0, 0.05) is 0 Å². The number of phenolic OH excluding ortho intramolecular Hbond substituents is 1. The van der Waals surface area contributed by atoms with Crippen LogP contribution in [0, 0.1) is 24.2 Å². The van der Waals surface area contributed by atoms with Gasteiger partial charge in [-0.1, -0.05) is 42.8 Å². The highest BCUT2D eigenvalue weighted by Gasteiger charge is 2.60. The molecule has 0 unspecified atom stereocenters. The van der Waals surface area contributed by atoms with Gasteiger partial charge in [-0.2, -0.15) is 8.42 Å². The standard InChI is InChI=1S/C31H40O5S/c1-22-7-11-25(12-8-22)37(34,35)36-20-6-4-3-5-17-31(33)19-16-29-28-13-9-23-21-24(32)10-14-26(23)27(28)15-18-30(29,31)2/h3,5,7-8,10-12,14,21,27-29,32-33H,4,6,9,13,15-20H2,1-2H3/b5-3+/t27-,28-,29+,30+,31+/m1/s1. The van der Waals surface area contributed by atoms with Crippen LogP contribution >= 0.6 is 0 Å². The van der Waals surface area contributed by atoms with E-state index in [1.807, 2.05) is 19.1 Å². The Bertz CT molecular complexity index is 1250. The first-order valence-corrected chi connectivity index (χ1v) is 15.2. The molecule has 0 radical (unpaired) electrons. The highest BCUT2D eigenvalue weighted by molar-refractivity contribution is 7.86. The molecular formula is C31H40O5S. The molecule has 3 aliphatic carbocycles. The van der Waals surface area contributed by atoms with Gasteiger partial charge < -0.3 is 10.2 Å². The maximum Gasteiger partial charge on any atom is 0.296 e. The van der Waals surface area contributed by atoms with Crippen molar-refractivity contribution in [2.24, 2.45) is 17.3 Å². The summed E-state index contributed by atoms with van der Waals surface area (Å²) >= 11 is 0. The Morgan fingerprint density at radius 2 is 1.84 bits per heavy atom. The molecular weight excluding hydrogens is 484 g/mol. The summed E-state index contributed by atoms with van der Waals surface area (Å²) < 4.78 is 29.8. The summed E-state index contributed by atoms with van der Waals surface area (Å²) in [7, 11) is -3.72. The predicted octanol–water partition coefficient (Wildman–Crippen LogP) is 6.42. The molecule has 37 heavy (non-hydrogen) atoms. The van der Waals surface area contributed by atoms with Crippen molar-refractivity contribution in [3.05, 3.63) is 71.3 Å². The van der Waals surface area contributed by atoms with E-state index in [1.165, 1.54) is 11.1 Å². The van der Waals surface area contributed by atoms with E-state index in [-0.39, 0.29) is 16.9 Å². The number of rotatable bonds is 8. The summed E-state index contributed by atoms with van der Waals surface area (Å²) in [5.74, 6) is 2.02. The van der Waals surface area contributed by atoms with Crippen LogP contribution < -0.4 is 0 Å². The first-order valence-electron chi connectivity index (χ1n) is 13.8. The van der Waals surface area contributed by atoms with Gasteiger partial charge in [-0.25, -0.2) is 0 Å². The van der Waals surface area contributed by atoms with E-state index in [9.17, 15) is 18.6 Å². The number of hydrogen-bond acceptors (Lipinski definition) is 5. The van der Waals surface area contributed by atoms with Crippen molar-refractivity contribution in [2.75, 3.05) is 6.61 Å². The van der Waals surface area contributed by atoms with E-state index in [2.05, 4.69) is 25.1 Å². The van der Waals surface area contributed by atoms with Crippen LogP contribution in [0.3, 0.4) is 0 Å². The van der Waals surface area contributed by atoms with E-state index in [4.69, 9.17) is 4.18 Å². The molecule has 0 spiro atoms. The van der Waals surface area contributed by atoms with E-state index in [0.29, 0.717) is 42.8 Å². The molecule has 2 N–H and O–H groups in total. The Labute approximate surface area is 221 Å². The number of allylic oxidation sites excluding steroid dienone is 1. The molecule has 5 rings (SSSR count). The number of unbranched alkanes of at least 4 members (excludes halogenated alkanes) is 1.